The SMILES string of the molecule is Cc1ccc(S(=O)(=O)O)cc1[N+](=O)[O-].[Na+]. The van der Waals surface area contributed by atoms with Crippen molar-refractivity contribution in [3.8, 4) is 0 Å². The van der Waals surface area contributed by atoms with Crippen molar-refractivity contribution in [1.82, 2.24) is 0 Å². The van der Waals surface area contributed by atoms with Gasteiger partial charge in [-0.2, -0.15) is 8.42 Å². The van der Waals surface area contributed by atoms with Crippen LogP contribution in [0.3, 0.4) is 0 Å². The molecule has 0 amide bonds. The molecule has 6 nitrogen and oxygen atoms in total. The molecular formula is C7H7NNaO5S+. The number of aryl methyl sites for hydroxylation is 1. The molecule has 0 aliphatic carbocycles. The molecule has 0 bridgehead atoms. The fraction of sp³-hybridized carbons (Fsp3) is 0.143. The topological polar surface area (TPSA) is 97.5 Å². The van der Waals surface area contributed by atoms with Crippen molar-refractivity contribution in [2.24, 2.45) is 0 Å². The first-order valence-electron chi connectivity index (χ1n) is 3.55. The van der Waals surface area contributed by atoms with Crippen LogP contribution in [0.25, 0.3) is 0 Å². The summed E-state index contributed by atoms with van der Waals surface area (Å²) < 4.78 is 29.9. The van der Waals surface area contributed by atoms with Crippen LogP contribution in [0.2, 0.25) is 0 Å². The van der Waals surface area contributed by atoms with Gasteiger partial charge in [0.1, 0.15) is 4.90 Å². The van der Waals surface area contributed by atoms with Crippen LogP contribution in [0.5, 0.6) is 0 Å². The standard InChI is InChI=1S/C7H7NO5S.Na/c1-5-2-3-6(14(11,12)13)4-7(5)8(9)10;/h2-4H,1H3,(H,11,12,13);/q;+1. The Balaban J connectivity index is 0.00000196. The second-order valence-electron chi connectivity index (χ2n) is 2.68. The van der Waals surface area contributed by atoms with E-state index >= 15 is 0 Å². The Kier molecular flexibility index (Phi) is 4.88. The quantitative estimate of drug-likeness (QED) is 0.283. The minimum atomic E-state index is -4.38. The number of rotatable bonds is 2. The van der Waals surface area contributed by atoms with Gasteiger partial charge in [-0.15, -0.1) is 0 Å². The van der Waals surface area contributed by atoms with E-state index in [-0.39, 0.29) is 35.2 Å². The number of nitro groups is 1. The van der Waals surface area contributed by atoms with Crippen LogP contribution >= 0.6 is 0 Å². The molecule has 0 unspecified atom stereocenters. The van der Waals surface area contributed by atoms with Gasteiger partial charge in [-0.25, -0.2) is 0 Å². The van der Waals surface area contributed by atoms with Crippen LogP contribution in [0.4, 0.5) is 5.69 Å². The van der Waals surface area contributed by atoms with Crippen molar-refractivity contribution >= 4 is 15.8 Å². The van der Waals surface area contributed by atoms with Crippen molar-refractivity contribution in [2.75, 3.05) is 0 Å². The van der Waals surface area contributed by atoms with Gasteiger partial charge in [-0.1, -0.05) is 6.07 Å². The molecule has 0 saturated heterocycles. The zero-order chi connectivity index (χ0) is 10.9. The van der Waals surface area contributed by atoms with E-state index < -0.39 is 19.9 Å². The first kappa shape index (κ1) is 14.5. The van der Waals surface area contributed by atoms with E-state index in [2.05, 4.69) is 0 Å². The molecule has 15 heavy (non-hydrogen) atoms. The van der Waals surface area contributed by atoms with Crippen LogP contribution in [0, 0.1) is 17.0 Å². The summed E-state index contributed by atoms with van der Waals surface area (Å²) in [6, 6.07) is 3.20. The first-order valence-corrected chi connectivity index (χ1v) is 4.99. The van der Waals surface area contributed by atoms with Crippen LogP contribution in [0.1, 0.15) is 5.56 Å². The maximum atomic E-state index is 10.7. The van der Waals surface area contributed by atoms with Crippen molar-refractivity contribution < 1.29 is 47.5 Å². The molecule has 0 saturated carbocycles. The Morgan fingerprint density at radius 1 is 1.40 bits per heavy atom. The molecule has 0 radical (unpaired) electrons. The van der Waals surface area contributed by atoms with E-state index in [9.17, 15) is 18.5 Å². The largest absolute Gasteiger partial charge is 1.00 e. The van der Waals surface area contributed by atoms with E-state index in [0.29, 0.717) is 5.56 Å². The zero-order valence-corrected chi connectivity index (χ0v) is 11.0. The summed E-state index contributed by atoms with van der Waals surface area (Å²) in [5.41, 5.74) is 0.00234. The third-order valence-corrected chi connectivity index (χ3v) is 2.52. The molecule has 0 fully saturated rings. The molecule has 8 heteroatoms. The number of nitro benzene ring substituents is 1. The van der Waals surface area contributed by atoms with Gasteiger partial charge in [-0.3, -0.25) is 14.7 Å². The van der Waals surface area contributed by atoms with Crippen LogP contribution in [-0.4, -0.2) is 17.9 Å². The van der Waals surface area contributed by atoms with Crippen molar-refractivity contribution in [1.29, 1.82) is 0 Å². The van der Waals surface area contributed by atoms with Gasteiger partial charge < -0.3 is 0 Å². The van der Waals surface area contributed by atoms with Gasteiger partial charge in [0, 0.05) is 11.6 Å². The number of hydrogen-bond acceptors (Lipinski definition) is 4. The van der Waals surface area contributed by atoms with E-state index in [1.54, 1.807) is 0 Å². The fourth-order valence-corrected chi connectivity index (χ4v) is 1.45. The Bertz CT molecular complexity index is 484. The van der Waals surface area contributed by atoms with Gasteiger partial charge in [0.05, 0.1) is 4.92 Å². The van der Waals surface area contributed by atoms with Crippen LogP contribution in [0.15, 0.2) is 23.1 Å². The third-order valence-electron chi connectivity index (χ3n) is 1.68. The average molecular weight is 240 g/mol. The van der Waals surface area contributed by atoms with Crippen LogP contribution < -0.4 is 29.6 Å². The molecule has 1 rings (SSSR count). The second-order valence-corrected chi connectivity index (χ2v) is 4.10. The first-order chi connectivity index (χ1) is 6.32. The summed E-state index contributed by atoms with van der Waals surface area (Å²) in [6.07, 6.45) is 0. The summed E-state index contributed by atoms with van der Waals surface area (Å²) in [7, 11) is -4.38. The van der Waals surface area contributed by atoms with Gasteiger partial charge in [0.15, 0.2) is 0 Å². The summed E-state index contributed by atoms with van der Waals surface area (Å²) >= 11 is 0. The molecule has 1 N–H and O–H groups in total. The third kappa shape index (κ3) is 3.54. The van der Waals surface area contributed by atoms with Gasteiger partial charge >= 0.3 is 29.6 Å². The summed E-state index contributed by atoms with van der Waals surface area (Å²) in [5.74, 6) is 0. The van der Waals surface area contributed by atoms with Crippen molar-refractivity contribution in [2.45, 2.75) is 11.8 Å². The predicted molar refractivity (Wildman–Crippen MR) is 47.6 cm³/mol. The molecule has 76 valence electrons. The minimum Gasteiger partial charge on any atom is -0.282 e. The van der Waals surface area contributed by atoms with Gasteiger partial charge in [-0.05, 0) is 13.0 Å². The minimum absolute atomic E-state index is 0. The Morgan fingerprint density at radius 3 is 2.33 bits per heavy atom. The fourth-order valence-electron chi connectivity index (χ4n) is 0.946. The van der Waals surface area contributed by atoms with Crippen molar-refractivity contribution in [3.05, 3.63) is 33.9 Å². The van der Waals surface area contributed by atoms with Crippen LogP contribution in [-0.2, 0) is 10.1 Å². The molecule has 1 aromatic carbocycles. The number of benzene rings is 1. The van der Waals surface area contributed by atoms with E-state index in [0.717, 1.165) is 12.1 Å². The van der Waals surface area contributed by atoms with Gasteiger partial charge in [0.2, 0.25) is 0 Å². The van der Waals surface area contributed by atoms with Gasteiger partial charge in [0.25, 0.3) is 15.8 Å². The molecule has 0 spiro atoms. The smallest absolute Gasteiger partial charge is 0.282 e. The molecule has 0 atom stereocenters. The average Bonchev–Trinajstić information content (AvgIpc) is 2.02. The molecular weight excluding hydrogens is 233 g/mol. The maximum absolute atomic E-state index is 10.7. The molecule has 0 heterocycles. The monoisotopic (exact) mass is 240 g/mol. The Morgan fingerprint density at radius 2 is 1.93 bits per heavy atom. The molecule has 0 aliphatic rings. The number of hydrogen-bond donors (Lipinski definition) is 1. The maximum Gasteiger partial charge on any atom is 1.00 e. The summed E-state index contributed by atoms with van der Waals surface area (Å²) in [5, 5.41) is 10.4. The molecule has 0 aliphatic heterocycles. The zero-order valence-electron chi connectivity index (χ0n) is 8.17. The normalized spacial score (nSPS) is 10.5. The Labute approximate surface area is 108 Å². The summed E-state index contributed by atoms with van der Waals surface area (Å²) in [6.45, 7) is 1.48. The number of nitrogens with zero attached hydrogens (tertiary/aromatic N) is 1. The molecule has 1 aromatic rings. The Hall–Kier alpha value is -0.470. The summed E-state index contributed by atoms with van der Waals surface area (Å²) in [4.78, 5) is 9.25. The van der Waals surface area contributed by atoms with E-state index in [1.807, 2.05) is 0 Å². The molecule has 0 aromatic heterocycles. The van der Waals surface area contributed by atoms with Crippen molar-refractivity contribution in [3.63, 3.8) is 0 Å². The second kappa shape index (κ2) is 5.04. The van der Waals surface area contributed by atoms with E-state index in [4.69, 9.17) is 4.55 Å². The predicted octanol–water partition coefficient (Wildman–Crippen LogP) is -1.85. The van der Waals surface area contributed by atoms with E-state index in [1.165, 1.54) is 13.0 Å².